The van der Waals surface area contributed by atoms with Crippen LogP contribution in [0.5, 0.6) is 5.75 Å². The fraction of sp³-hybridized carbons (Fsp3) is 0.364. The van der Waals surface area contributed by atoms with E-state index < -0.39 is 0 Å². The highest BCUT2D eigenvalue weighted by Crippen LogP contribution is 2.13. The van der Waals surface area contributed by atoms with Crippen LogP contribution < -0.4 is 4.74 Å². The van der Waals surface area contributed by atoms with Gasteiger partial charge in [0.25, 0.3) is 0 Å². The van der Waals surface area contributed by atoms with E-state index in [2.05, 4.69) is 32.8 Å². The van der Waals surface area contributed by atoms with Gasteiger partial charge in [0.05, 0.1) is 6.61 Å². The summed E-state index contributed by atoms with van der Waals surface area (Å²) in [6.07, 6.45) is 1.70. The zero-order valence-electron chi connectivity index (χ0n) is 9.18. The third kappa shape index (κ3) is 2.79. The first-order valence-electron chi connectivity index (χ1n) is 5.32. The molecule has 0 fully saturated rings. The summed E-state index contributed by atoms with van der Waals surface area (Å²) in [7, 11) is 0. The molecule has 0 atom stereocenters. The summed E-state index contributed by atoms with van der Waals surface area (Å²) >= 11 is 0. The van der Waals surface area contributed by atoms with Gasteiger partial charge in [-0.1, -0.05) is 17.3 Å². The first-order valence-corrected chi connectivity index (χ1v) is 5.32. The van der Waals surface area contributed by atoms with E-state index in [-0.39, 0.29) is 0 Å². The van der Waals surface area contributed by atoms with Crippen molar-refractivity contribution in [2.24, 2.45) is 0 Å². The molecule has 0 saturated carbocycles. The van der Waals surface area contributed by atoms with Crippen LogP contribution in [0.2, 0.25) is 0 Å². The van der Waals surface area contributed by atoms with Gasteiger partial charge >= 0.3 is 0 Å². The maximum atomic E-state index is 5.37. The lowest BCUT2D eigenvalue weighted by molar-refractivity contribution is 0.340. The number of hydrogen-bond donors (Lipinski definition) is 1. The van der Waals surface area contributed by atoms with Crippen LogP contribution in [0, 0.1) is 0 Å². The predicted octanol–water partition coefficient (Wildman–Crippen LogP) is 1.38. The molecule has 0 aliphatic heterocycles. The number of nitrogens with one attached hydrogen (secondary N) is 1. The second-order valence-corrected chi connectivity index (χ2v) is 3.40. The minimum Gasteiger partial charge on any atom is -0.494 e. The SMILES string of the molecule is CCOc1ccc(CCc2nn[nH]n2)cc1. The van der Waals surface area contributed by atoms with Crippen molar-refractivity contribution in [3.63, 3.8) is 0 Å². The lowest BCUT2D eigenvalue weighted by Crippen LogP contribution is -1.95. The van der Waals surface area contributed by atoms with Gasteiger partial charge in [-0.25, -0.2) is 0 Å². The summed E-state index contributed by atoms with van der Waals surface area (Å²) in [5.41, 5.74) is 1.24. The average molecular weight is 218 g/mol. The molecule has 1 heterocycles. The average Bonchev–Trinajstić information content (AvgIpc) is 2.82. The first kappa shape index (κ1) is 10.6. The Morgan fingerprint density at radius 2 is 2.00 bits per heavy atom. The zero-order valence-corrected chi connectivity index (χ0v) is 9.18. The molecule has 2 aromatic rings. The highest BCUT2D eigenvalue weighted by Gasteiger charge is 2.00. The van der Waals surface area contributed by atoms with Crippen molar-refractivity contribution in [2.45, 2.75) is 19.8 Å². The third-order valence-corrected chi connectivity index (χ3v) is 2.26. The van der Waals surface area contributed by atoms with Gasteiger partial charge < -0.3 is 4.74 Å². The Balaban J connectivity index is 1.90. The van der Waals surface area contributed by atoms with Crippen molar-refractivity contribution < 1.29 is 4.74 Å². The van der Waals surface area contributed by atoms with E-state index >= 15 is 0 Å². The molecular formula is C11H14N4O. The quantitative estimate of drug-likeness (QED) is 0.823. The van der Waals surface area contributed by atoms with Gasteiger partial charge in [-0.05, 0) is 31.0 Å². The Morgan fingerprint density at radius 3 is 2.62 bits per heavy atom. The lowest BCUT2D eigenvalue weighted by Gasteiger charge is -2.03. The number of aryl methyl sites for hydroxylation is 2. The molecular weight excluding hydrogens is 204 g/mol. The number of hydrogen-bond acceptors (Lipinski definition) is 4. The number of aromatic nitrogens is 4. The normalized spacial score (nSPS) is 10.3. The summed E-state index contributed by atoms with van der Waals surface area (Å²) in [5.74, 6) is 1.65. The van der Waals surface area contributed by atoms with Crippen LogP contribution in [0.4, 0.5) is 0 Å². The smallest absolute Gasteiger partial charge is 0.174 e. The highest BCUT2D eigenvalue weighted by atomic mass is 16.5. The molecule has 16 heavy (non-hydrogen) atoms. The summed E-state index contributed by atoms with van der Waals surface area (Å²) in [4.78, 5) is 0. The van der Waals surface area contributed by atoms with Crippen molar-refractivity contribution in [2.75, 3.05) is 6.61 Å². The number of aromatic amines is 1. The molecule has 0 aliphatic rings. The number of H-pyrrole nitrogens is 1. The number of benzene rings is 1. The van der Waals surface area contributed by atoms with Gasteiger partial charge in [-0.15, -0.1) is 10.2 Å². The molecule has 0 bridgehead atoms. The van der Waals surface area contributed by atoms with E-state index in [0.29, 0.717) is 6.61 Å². The van der Waals surface area contributed by atoms with Crippen molar-refractivity contribution in [1.29, 1.82) is 0 Å². The van der Waals surface area contributed by atoms with Crippen LogP contribution in [-0.2, 0) is 12.8 Å². The minimum atomic E-state index is 0.697. The molecule has 0 aliphatic carbocycles. The van der Waals surface area contributed by atoms with E-state index in [0.717, 1.165) is 24.4 Å². The molecule has 5 nitrogen and oxygen atoms in total. The highest BCUT2D eigenvalue weighted by molar-refractivity contribution is 5.27. The van der Waals surface area contributed by atoms with E-state index in [1.807, 2.05) is 19.1 Å². The second-order valence-electron chi connectivity index (χ2n) is 3.40. The van der Waals surface area contributed by atoms with Gasteiger partial charge in [0.1, 0.15) is 5.75 Å². The monoisotopic (exact) mass is 218 g/mol. The molecule has 0 spiro atoms. The van der Waals surface area contributed by atoms with Crippen LogP contribution in [-0.4, -0.2) is 27.2 Å². The summed E-state index contributed by atoms with van der Waals surface area (Å²) < 4.78 is 5.37. The number of ether oxygens (including phenoxy) is 1. The predicted molar refractivity (Wildman–Crippen MR) is 59.2 cm³/mol. The molecule has 1 aromatic heterocycles. The molecule has 2 rings (SSSR count). The number of rotatable bonds is 5. The van der Waals surface area contributed by atoms with Gasteiger partial charge in [-0.3, -0.25) is 0 Å². The van der Waals surface area contributed by atoms with Crippen LogP contribution >= 0.6 is 0 Å². The Hall–Kier alpha value is -1.91. The van der Waals surface area contributed by atoms with Crippen LogP contribution in [0.15, 0.2) is 24.3 Å². The van der Waals surface area contributed by atoms with Gasteiger partial charge in [-0.2, -0.15) is 5.21 Å². The molecule has 0 unspecified atom stereocenters. The molecule has 5 heteroatoms. The fourth-order valence-electron chi connectivity index (χ4n) is 1.46. The maximum absolute atomic E-state index is 5.37. The number of nitrogens with zero attached hydrogens (tertiary/aromatic N) is 3. The molecule has 0 amide bonds. The lowest BCUT2D eigenvalue weighted by atomic mass is 10.1. The maximum Gasteiger partial charge on any atom is 0.174 e. The molecule has 84 valence electrons. The van der Waals surface area contributed by atoms with Crippen molar-refractivity contribution in [3.8, 4) is 5.75 Å². The van der Waals surface area contributed by atoms with Gasteiger partial charge in [0, 0.05) is 6.42 Å². The first-order chi connectivity index (χ1) is 7.88. The van der Waals surface area contributed by atoms with Crippen LogP contribution in [0.1, 0.15) is 18.3 Å². The van der Waals surface area contributed by atoms with E-state index in [1.54, 1.807) is 0 Å². The molecule has 0 saturated heterocycles. The van der Waals surface area contributed by atoms with Gasteiger partial charge in [0.2, 0.25) is 0 Å². The standard InChI is InChI=1S/C11H14N4O/c1-2-16-10-6-3-9(4-7-10)5-8-11-12-14-15-13-11/h3-4,6-7H,2,5,8H2,1H3,(H,12,13,14,15). The topological polar surface area (TPSA) is 63.7 Å². The summed E-state index contributed by atoms with van der Waals surface area (Å²) in [6, 6.07) is 8.08. The third-order valence-electron chi connectivity index (χ3n) is 2.26. The van der Waals surface area contributed by atoms with E-state index in [9.17, 15) is 0 Å². The van der Waals surface area contributed by atoms with Crippen LogP contribution in [0.25, 0.3) is 0 Å². The van der Waals surface area contributed by atoms with Crippen molar-refractivity contribution in [1.82, 2.24) is 20.6 Å². The Morgan fingerprint density at radius 1 is 1.19 bits per heavy atom. The molecule has 1 aromatic carbocycles. The number of tetrazole rings is 1. The fourth-order valence-corrected chi connectivity index (χ4v) is 1.46. The Bertz CT molecular complexity index is 410. The zero-order chi connectivity index (χ0) is 11.2. The van der Waals surface area contributed by atoms with E-state index in [4.69, 9.17) is 4.74 Å². The second kappa shape index (κ2) is 5.25. The molecule has 0 radical (unpaired) electrons. The summed E-state index contributed by atoms with van der Waals surface area (Å²) in [6.45, 7) is 2.67. The van der Waals surface area contributed by atoms with Crippen LogP contribution in [0.3, 0.4) is 0 Å². The van der Waals surface area contributed by atoms with Crippen molar-refractivity contribution >= 4 is 0 Å². The van der Waals surface area contributed by atoms with E-state index in [1.165, 1.54) is 5.56 Å². The Labute approximate surface area is 93.8 Å². The van der Waals surface area contributed by atoms with Gasteiger partial charge in [0.15, 0.2) is 5.82 Å². The van der Waals surface area contributed by atoms with Crippen molar-refractivity contribution in [3.05, 3.63) is 35.7 Å². The Kier molecular flexibility index (Phi) is 3.48. The summed E-state index contributed by atoms with van der Waals surface area (Å²) in [5, 5.41) is 13.8. The minimum absolute atomic E-state index is 0.697. The largest absolute Gasteiger partial charge is 0.494 e. The molecule has 1 N–H and O–H groups in total.